The van der Waals surface area contributed by atoms with Gasteiger partial charge in [-0.25, -0.2) is 9.78 Å². The first-order valence-corrected chi connectivity index (χ1v) is 15.9. The molecule has 1 heterocycles. The topological polar surface area (TPSA) is 132 Å². The summed E-state index contributed by atoms with van der Waals surface area (Å²) in [7, 11) is 0. The molecule has 1 aromatic heterocycles. The minimum absolute atomic E-state index is 0.0793. The number of H-pyrrole nitrogens is 1. The van der Waals surface area contributed by atoms with Gasteiger partial charge in [0.2, 0.25) is 0 Å². The number of nitrogens with one attached hydrogen (secondary N) is 2. The van der Waals surface area contributed by atoms with Crippen molar-refractivity contribution in [1.29, 1.82) is 0 Å². The van der Waals surface area contributed by atoms with Crippen LogP contribution in [-0.4, -0.2) is 44.2 Å². The number of aromatic amines is 1. The van der Waals surface area contributed by atoms with Gasteiger partial charge in [-0.2, -0.15) is 13.2 Å². The molecule has 1 amide bonds. The number of halogens is 3. The molecule has 4 bridgehead atoms. The highest BCUT2D eigenvalue weighted by Gasteiger charge is 2.50. The molecule has 1 aromatic carbocycles. The molecule has 2 aromatic rings. The molecule has 0 saturated heterocycles. The monoisotopic (exact) mass is 617 g/mol. The highest BCUT2D eigenvalue weighted by Crippen LogP contribution is 2.61. The zero-order valence-corrected chi connectivity index (χ0v) is 24.9. The Morgan fingerprint density at radius 1 is 0.955 bits per heavy atom. The van der Waals surface area contributed by atoms with Crippen LogP contribution >= 0.6 is 0 Å². The number of rotatable bonds is 9. The predicted molar refractivity (Wildman–Crippen MR) is 157 cm³/mol. The third-order valence-corrected chi connectivity index (χ3v) is 10.1. The van der Waals surface area contributed by atoms with E-state index in [9.17, 15) is 22.8 Å². The van der Waals surface area contributed by atoms with Crippen molar-refractivity contribution in [1.82, 2.24) is 9.97 Å². The minimum Gasteiger partial charge on any atom is -0.481 e. The first kappa shape index (κ1) is 32.0. The molecule has 0 radical (unpaired) electrons. The number of nitrogens with zero attached hydrogens (tertiary/aromatic N) is 1. The molecule has 4 N–H and O–H groups in total. The van der Waals surface area contributed by atoms with Crippen LogP contribution in [0.3, 0.4) is 0 Å². The van der Waals surface area contributed by atoms with Crippen LogP contribution in [0, 0.1) is 23.2 Å². The van der Waals surface area contributed by atoms with Gasteiger partial charge in [-0.3, -0.25) is 9.59 Å². The number of carbonyl (C=O) groups is 3. The van der Waals surface area contributed by atoms with Crippen molar-refractivity contribution in [2.24, 2.45) is 23.2 Å². The van der Waals surface area contributed by atoms with E-state index in [-0.39, 0.29) is 12.3 Å². The van der Waals surface area contributed by atoms with Gasteiger partial charge in [0.15, 0.2) is 0 Å². The smallest absolute Gasteiger partial charge is 0.481 e. The van der Waals surface area contributed by atoms with E-state index >= 15 is 0 Å². The number of imidazole rings is 1. The Morgan fingerprint density at radius 3 is 2.14 bits per heavy atom. The van der Waals surface area contributed by atoms with Crippen molar-refractivity contribution in [2.45, 2.75) is 108 Å². The van der Waals surface area contributed by atoms with Gasteiger partial charge in [0.1, 0.15) is 11.5 Å². The highest BCUT2D eigenvalue weighted by atomic mass is 19.4. The lowest BCUT2D eigenvalue weighted by Crippen LogP contribution is -2.46. The Labute approximate surface area is 255 Å². The van der Waals surface area contributed by atoms with Gasteiger partial charge in [0.25, 0.3) is 5.91 Å². The SMILES string of the molecule is O=C(O)C(F)(F)F.O=C(O)CCc1cccc(NC(=O)c2nc(C3CCCCC3)[nH]c2CCC23CC4CC(CC(C4)C2)C3)c1. The summed E-state index contributed by atoms with van der Waals surface area (Å²) in [5, 5.41) is 19.2. The average molecular weight is 618 g/mol. The molecule has 5 fully saturated rings. The number of alkyl halides is 3. The summed E-state index contributed by atoms with van der Waals surface area (Å²) in [5.41, 5.74) is 3.64. The lowest BCUT2D eigenvalue weighted by molar-refractivity contribution is -0.192. The molecule has 5 saturated carbocycles. The standard InChI is InChI=1S/C31H41N3O3.C2HF3O2/c35-27(36)10-9-20-5-4-8-25(16-20)32-30(37)28-26(33-29(34-28)24-6-2-1-3-7-24)11-12-31-17-21-13-22(18-31)15-23(14-21)19-31;3-2(4,5)1(6)7/h4-5,8,16,21-24H,1-3,6-7,9-15,17-19H2,(H,32,37)(H,33,34)(H,35,36);(H,6,7). The fourth-order valence-electron chi connectivity index (χ4n) is 8.60. The van der Waals surface area contributed by atoms with Crippen molar-refractivity contribution in [2.75, 3.05) is 5.32 Å². The summed E-state index contributed by atoms with van der Waals surface area (Å²) in [6.07, 6.45) is 12.1. The quantitative estimate of drug-likeness (QED) is 0.230. The number of hydrogen-bond donors (Lipinski definition) is 4. The van der Waals surface area contributed by atoms with Crippen LogP contribution in [-0.2, 0) is 22.4 Å². The highest BCUT2D eigenvalue weighted by molar-refractivity contribution is 6.03. The molecule has 0 spiro atoms. The number of anilines is 1. The van der Waals surface area contributed by atoms with Crippen molar-refractivity contribution >= 4 is 23.5 Å². The third kappa shape index (κ3) is 8.01. The first-order chi connectivity index (χ1) is 20.9. The summed E-state index contributed by atoms with van der Waals surface area (Å²) in [4.78, 5) is 42.0. The van der Waals surface area contributed by atoms with Crippen LogP contribution in [0.1, 0.15) is 117 Å². The van der Waals surface area contributed by atoms with Crippen molar-refractivity contribution in [3.05, 3.63) is 47.0 Å². The van der Waals surface area contributed by atoms with Crippen molar-refractivity contribution < 1.29 is 37.8 Å². The van der Waals surface area contributed by atoms with Crippen molar-refractivity contribution in [3.63, 3.8) is 0 Å². The van der Waals surface area contributed by atoms with E-state index in [1.165, 1.54) is 57.8 Å². The van der Waals surface area contributed by atoms with Gasteiger partial charge in [-0.05, 0) is 111 Å². The normalized spacial score (nSPS) is 26.1. The summed E-state index contributed by atoms with van der Waals surface area (Å²) >= 11 is 0. The lowest BCUT2D eigenvalue weighted by Gasteiger charge is -2.57. The number of carboxylic acid groups (broad SMARTS) is 2. The Hall–Kier alpha value is -3.37. The Kier molecular flexibility index (Phi) is 9.70. The summed E-state index contributed by atoms with van der Waals surface area (Å²) in [6, 6.07) is 7.53. The molecule has 240 valence electrons. The number of benzene rings is 1. The van der Waals surface area contributed by atoms with E-state index in [1.54, 1.807) is 0 Å². The number of carboxylic acids is 2. The molecule has 8 nitrogen and oxygen atoms in total. The molecule has 0 unspecified atom stereocenters. The van der Waals surface area contributed by atoms with Crippen molar-refractivity contribution in [3.8, 4) is 0 Å². The maximum absolute atomic E-state index is 13.5. The van der Waals surface area contributed by atoms with Gasteiger partial charge in [0, 0.05) is 23.7 Å². The van der Waals surface area contributed by atoms with E-state index in [0.29, 0.717) is 29.1 Å². The molecule has 0 atom stereocenters. The second-order valence-corrected chi connectivity index (χ2v) is 13.6. The average Bonchev–Trinajstić information content (AvgIpc) is 3.40. The fourth-order valence-corrected chi connectivity index (χ4v) is 8.60. The van der Waals surface area contributed by atoms with E-state index < -0.39 is 18.1 Å². The minimum atomic E-state index is -5.08. The summed E-state index contributed by atoms with van der Waals surface area (Å²) < 4.78 is 31.7. The number of aryl methyl sites for hydroxylation is 2. The zero-order valence-electron chi connectivity index (χ0n) is 24.9. The number of hydrogen-bond acceptors (Lipinski definition) is 4. The Balaban J connectivity index is 0.000000493. The van der Waals surface area contributed by atoms with Gasteiger partial charge in [-0.1, -0.05) is 31.4 Å². The number of amides is 1. The molecule has 11 heteroatoms. The molecular formula is C33H42F3N3O5. The van der Waals surface area contributed by atoms with Crippen LogP contribution in [0.2, 0.25) is 0 Å². The maximum Gasteiger partial charge on any atom is 0.490 e. The molecular weight excluding hydrogens is 575 g/mol. The molecule has 5 aliphatic rings. The van der Waals surface area contributed by atoms with E-state index in [4.69, 9.17) is 20.0 Å². The summed E-state index contributed by atoms with van der Waals surface area (Å²) in [5.74, 6) is 0.492. The molecule has 7 rings (SSSR count). The van der Waals surface area contributed by atoms with Crippen LogP contribution in [0.25, 0.3) is 0 Å². The predicted octanol–water partition coefficient (Wildman–Crippen LogP) is 7.51. The second kappa shape index (κ2) is 13.3. The van der Waals surface area contributed by atoms with Crippen LogP contribution in [0.4, 0.5) is 18.9 Å². The van der Waals surface area contributed by atoms with Gasteiger partial charge < -0.3 is 20.5 Å². The summed E-state index contributed by atoms with van der Waals surface area (Å²) in [6.45, 7) is 0. The molecule has 44 heavy (non-hydrogen) atoms. The van der Waals surface area contributed by atoms with Crippen LogP contribution in [0.15, 0.2) is 24.3 Å². The lowest BCUT2D eigenvalue weighted by atomic mass is 9.48. The van der Waals surface area contributed by atoms with Gasteiger partial charge >= 0.3 is 18.1 Å². The third-order valence-electron chi connectivity index (χ3n) is 10.1. The maximum atomic E-state index is 13.5. The van der Waals surface area contributed by atoms with Gasteiger partial charge in [-0.15, -0.1) is 0 Å². The van der Waals surface area contributed by atoms with E-state index in [0.717, 1.165) is 60.5 Å². The van der Waals surface area contributed by atoms with E-state index in [2.05, 4.69) is 10.3 Å². The first-order valence-electron chi connectivity index (χ1n) is 15.9. The van der Waals surface area contributed by atoms with E-state index in [1.807, 2.05) is 24.3 Å². The fraction of sp³-hybridized carbons (Fsp3) is 0.636. The number of aromatic nitrogens is 2. The Morgan fingerprint density at radius 2 is 1.57 bits per heavy atom. The number of carbonyl (C=O) groups excluding carboxylic acids is 1. The largest absolute Gasteiger partial charge is 0.490 e. The second-order valence-electron chi connectivity index (χ2n) is 13.6. The number of aliphatic carboxylic acids is 2. The molecule has 5 aliphatic carbocycles. The van der Waals surface area contributed by atoms with Crippen LogP contribution in [0.5, 0.6) is 0 Å². The van der Waals surface area contributed by atoms with Crippen LogP contribution < -0.4 is 5.32 Å². The van der Waals surface area contributed by atoms with Gasteiger partial charge in [0.05, 0.1) is 0 Å². The zero-order chi connectivity index (χ0) is 31.5. The Bertz CT molecular complexity index is 1310. The molecule has 0 aliphatic heterocycles.